The summed E-state index contributed by atoms with van der Waals surface area (Å²) in [6, 6.07) is 4.99. The van der Waals surface area contributed by atoms with Crippen LogP contribution in [0, 0.1) is 22.0 Å². The Kier molecular flexibility index (Phi) is 5.27. The zero-order chi connectivity index (χ0) is 21.2. The second-order valence-corrected chi connectivity index (χ2v) is 9.49. The zero-order valence-electron chi connectivity index (χ0n) is 13.3. The molecule has 2 bridgehead atoms. The molecule has 0 aliphatic heterocycles. The standard InChI is InChI=1S/C15H8Cl6N2O5/c16-9-10(17)14(19)8(12(25)26)7(13(9,18)15(14,20)21)11(24)22-5-2-1-3-6(4-5)23(27)28/h1-4,7-8H,(H,22,24)(H,25,26)/t7-,8+,13-,14-/m1/s1. The number of nitrogens with zero attached hydrogens (tertiary/aromatic N) is 1. The van der Waals surface area contributed by atoms with Crippen molar-refractivity contribution in [1.82, 2.24) is 0 Å². The molecule has 1 aromatic carbocycles. The number of rotatable bonds is 4. The summed E-state index contributed by atoms with van der Waals surface area (Å²) in [5.41, 5.74) is -0.268. The van der Waals surface area contributed by atoms with Crippen LogP contribution in [-0.2, 0) is 9.59 Å². The predicted molar refractivity (Wildman–Crippen MR) is 107 cm³/mol. The SMILES string of the molecule is O=C(O)[C@@H]1[C@H](C(=O)Nc2cccc([N+](=O)[O-])c2)[C@@]2(Cl)C(Cl)=C(Cl)[C@@]1(Cl)C2(Cl)Cl. The monoisotopic (exact) mass is 506 g/mol. The maximum atomic E-state index is 13.0. The van der Waals surface area contributed by atoms with Gasteiger partial charge in [0.25, 0.3) is 5.69 Å². The first-order valence-electron chi connectivity index (χ1n) is 7.41. The van der Waals surface area contributed by atoms with Crippen molar-refractivity contribution in [2.75, 3.05) is 5.32 Å². The van der Waals surface area contributed by atoms with Crippen molar-refractivity contribution >= 4 is 92.9 Å². The average Bonchev–Trinajstić information content (AvgIpc) is 2.82. The van der Waals surface area contributed by atoms with Crippen LogP contribution in [0.1, 0.15) is 0 Å². The molecular weight excluding hydrogens is 501 g/mol. The van der Waals surface area contributed by atoms with Crippen LogP contribution in [0.5, 0.6) is 0 Å². The highest BCUT2D eigenvalue weighted by molar-refractivity contribution is 6.66. The Labute approximate surface area is 187 Å². The number of nitro benzene ring substituents is 1. The Morgan fingerprint density at radius 3 is 2.11 bits per heavy atom. The summed E-state index contributed by atoms with van der Waals surface area (Å²) in [4.78, 5) is 30.8. The highest BCUT2D eigenvalue weighted by atomic mass is 35.5. The highest BCUT2D eigenvalue weighted by Gasteiger charge is 2.85. The van der Waals surface area contributed by atoms with Gasteiger partial charge in [-0.05, 0) is 6.07 Å². The van der Waals surface area contributed by atoms with Crippen molar-refractivity contribution in [1.29, 1.82) is 0 Å². The molecule has 1 saturated carbocycles. The number of nitro groups is 1. The van der Waals surface area contributed by atoms with Crippen LogP contribution < -0.4 is 5.32 Å². The number of alkyl halides is 4. The van der Waals surface area contributed by atoms with E-state index in [4.69, 9.17) is 69.6 Å². The number of carbonyl (C=O) groups excluding carboxylic acids is 1. The average molecular weight is 509 g/mol. The van der Waals surface area contributed by atoms with Crippen LogP contribution in [0.4, 0.5) is 11.4 Å². The molecule has 2 N–H and O–H groups in total. The number of benzene rings is 1. The largest absolute Gasteiger partial charge is 0.481 e. The Morgan fingerprint density at radius 2 is 1.61 bits per heavy atom. The molecule has 0 radical (unpaired) electrons. The Morgan fingerprint density at radius 1 is 1.07 bits per heavy atom. The Bertz CT molecular complexity index is 953. The summed E-state index contributed by atoms with van der Waals surface area (Å²) in [6.07, 6.45) is 0. The van der Waals surface area contributed by atoms with E-state index in [1.807, 2.05) is 0 Å². The number of carboxylic acid groups (broad SMARTS) is 1. The molecule has 0 unspecified atom stereocenters. The number of carbonyl (C=O) groups is 2. The number of carboxylic acids is 1. The number of amides is 1. The molecule has 1 fully saturated rings. The molecule has 7 nitrogen and oxygen atoms in total. The van der Waals surface area contributed by atoms with E-state index in [-0.39, 0.29) is 21.4 Å². The normalized spacial score (nSPS) is 33.1. The number of allylic oxidation sites excluding steroid dienone is 2. The minimum absolute atomic E-state index is 0.0240. The number of hydrogen-bond acceptors (Lipinski definition) is 4. The van der Waals surface area contributed by atoms with E-state index < -0.39 is 42.7 Å². The molecule has 2 aliphatic rings. The van der Waals surface area contributed by atoms with E-state index in [1.165, 1.54) is 18.2 Å². The van der Waals surface area contributed by atoms with E-state index in [0.29, 0.717) is 0 Å². The first kappa shape index (κ1) is 21.7. The Balaban J connectivity index is 2.08. The smallest absolute Gasteiger partial charge is 0.309 e. The van der Waals surface area contributed by atoms with Crippen molar-refractivity contribution in [2.45, 2.75) is 14.1 Å². The highest BCUT2D eigenvalue weighted by Crippen LogP contribution is 2.76. The third-order valence-corrected chi connectivity index (χ3v) is 9.07. The molecule has 13 heteroatoms. The lowest BCUT2D eigenvalue weighted by Gasteiger charge is -2.33. The Hall–Kier alpha value is -0.960. The number of non-ortho nitro benzene ring substituents is 1. The fraction of sp³-hybridized carbons (Fsp3) is 0.333. The van der Waals surface area contributed by atoms with E-state index in [2.05, 4.69) is 5.32 Å². The van der Waals surface area contributed by atoms with Gasteiger partial charge in [0.05, 0.1) is 26.8 Å². The van der Waals surface area contributed by atoms with Crippen LogP contribution in [0.2, 0.25) is 0 Å². The predicted octanol–water partition coefficient (Wildman–Crippen LogP) is 4.70. The first-order chi connectivity index (χ1) is 12.8. The van der Waals surface area contributed by atoms with E-state index >= 15 is 0 Å². The summed E-state index contributed by atoms with van der Waals surface area (Å²) >= 11 is 37.8. The van der Waals surface area contributed by atoms with Crippen LogP contribution in [-0.4, -0.2) is 36.0 Å². The fourth-order valence-electron chi connectivity index (χ4n) is 3.54. The number of halogens is 6. The van der Waals surface area contributed by atoms with Crippen LogP contribution in [0.25, 0.3) is 0 Å². The third-order valence-electron chi connectivity index (χ3n) is 4.81. The fourth-order valence-corrected chi connectivity index (χ4v) is 6.48. The van der Waals surface area contributed by atoms with Crippen LogP contribution >= 0.6 is 69.6 Å². The van der Waals surface area contributed by atoms with E-state index in [0.717, 1.165) is 6.07 Å². The molecule has 0 saturated heterocycles. The summed E-state index contributed by atoms with van der Waals surface area (Å²) in [5.74, 6) is -5.83. The molecule has 0 heterocycles. The molecular formula is C15H8Cl6N2O5. The van der Waals surface area contributed by atoms with Gasteiger partial charge in [0.1, 0.15) is 9.75 Å². The van der Waals surface area contributed by atoms with E-state index in [1.54, 1.807) is 0 Å². The van der Waals surface area contributed by atoms with Crippen molar-refractivity contribution in [3.63, 3.8) is 0 Å². The molecule has 2 aliphatic carbocycles. The van der Waals surface area contributed by atoms with Gasteiger partial charge in [-0.3, -0.25) is 19.7 Å². The van der Waals surface area contributed by atoms with Gasteiger partial charge in [-0.1, -0.05) is 52.5 Å². The molecule has 0 spiro atoms. The topological polar surface area (TPSA) is 110 Å². The number of fused-ring (bicyclic) bond motifs is 2. The van der Waals surface area contributed by atoms with Gasteiger partial charge in [0.15, 0.2) is 4.33 Å². The number of nitrogens with one attached hydrogen (secondary N) is 1. The lowest BCUT2D eigenvalue weighted by Crippen LogP contribution is -2.47. The number of anilines is 1. The maximum Gasteiger partial charge on any atom is 0.309 e. The van der Waals surface area contributed by atoms with Gasteiger partial charge in [0.2, 0.25) is 5.91 Å². The number of aliphatic carboxylic acids is 1. The summed E-state index contributed by atoms with van der Waals surface area (Å²) in [6.45, 7) is 0. The van der Waals surface area contributed by atoms with Gasteiger partial charge in [-0.15, -0.1) is 23.2 Å². The van der Waals surface area contributed by atoms with Crippen molar-refractivity contribution in [2.24, 2.45) is 11.8 Å². The summed E-state index contributed by atoms with van der Waals surface area (Å²) < 4.78 is -2.23. The van der Waals surface area contributed by atoms with Crippen LogP contribution in [0.15, 0.2) is 34.3 Å². The first-order valence-corrected chi connectivity index (χ1v) is 9.68. The maximum absolute atomic E-state index is 13.0. The number of hydrogen-bond donors (Lipinski definition) is 2. The lowest BCUT2D eigenvalue weighted by molar-refractivity contribution is -0.384. The zero-order valence-corrected chi connectivity index (χ0v) is 17.8. The molecule has 28 heavy (non-hydrogen) atoms. The second kappa shape index (κ2) is 6.79. The molecule has 4 atom stereocenters. The summed E-state index contributed by atoms with van der Waals surface area (Å²) in [5, 5.41) is 22.3. The molecule has 3 rings (SSSR count). The molecule has 1 amide bonds. The summed E-state index contributed by atoms with van der Waals surface area (Å²) in [7, 11) is 0. The minimum Gasteiger partial charge on any atom is -0.481 e. The van der Waals surface area contributed by atoms with Gasteiger partial charge in [-0.25, -0.2) is 0 Å². The van der Waals surface area contributed by atoms with Gasteiger partial charge in [-0.2, -0.15) is 0 Å². The van der Waals surface area contributed by atoms with Gasteiger partial charge >= 0.3 is 5.97 Å². The molecule has 0 aromatic heterocycles. The van der Waals surface area contributed by atoms with Gasteiger partial charge in [0, 0.05) is 17.8 Å². The van der Waals surface area contributed by atoms with Crippen molar-refractivity contribution in [3.8, 4) is 0 Å². The van der Waals surface area contributed by atoms with Crippen LogP contribution in [0.3, 0.4) is 0 Å². The molecule has 150 valence electrons. The third kappa shape index (κ3) is 2.57. The van der Waals surface area contributed by atoms with Gasteiger partial charge < -0.3 is 10.4 Å². The molecule has 1 aromatic rings. The van der Waals surface area contributed by atoms with E-state index in [9.17, 15) is 24.8 Å². The van der Waals surface area contributed by atoms with Crippen molar-refractivity contribution < 1.29 is 19.6 Å². The minimum atomic E-state index is -2.23. The lowest BCUT2D eigenvalue weighted by atomic mass is 9.81. The van der Waals surface area contributed by atoms with Crippen molar-refractivity contribution in [3.05, 3.63) is 44.4 Å². The second-order valence-electron chi connectivity index (χ2n) is 6.22. The quantitative estimate of drug-likeness (QED) is 0.348.